The van der Waals surface area contributed by atoms with Crippen molar-refractivity contribution in [1.29, 1.82) is 0 Å². The Morgan fingerprint density at radius 2 is 2.03 bits per heavy atom. The number of thioether (sulfide) groups is 1. The van der Waals surface area contributed by atoms with Gasteiger partial charge in [0.25, 0.3) is 0 Å². The number of amides is 2. The molecule has 1 aromatic heterocycles. The normalized spacial score (nSPS) is 29.6. The van der Waals surface area contributed by atoms with Crippen LogP contribution in [0.3, 0.4) is 0 Å². The van der Waals surface area contributed by atoms with Crippen LogP contribution in [0.4, 0.5) is 5.69 Å². The number of likely N-dealkylation sites (tertiary alicyclic amines) is 2. The van der Waals surface area contributed by atoms with E-state index in [9.17, 15) is 14.7 Å². The minimum absolute atomic E-state index is 0.0163. The fourth-order valence-corrected chi connectivity index (χ4v) is 6.40. The summed E-state index contributed by atoms with van der Waals surface area (Å²) in [5, 5.41) is 17.2. The lowest BCUT2D eigenvalue weighted by atomic mass is 9.79. The number of nitrogens with one attached hydrogen (secondary N) is 2. The lowest BCUT2D eigenvalue weighted by molar-refractivity contribution is -0.132. The van der Waals surface area contributed by atoms with Crippen molar-refractivity contribution >= 4 is 29.8 Å². The first-order chi connectivity index (χ1) is 16.1. The molecule has 3 fully saturated rings. The fourth-order valence-electron chi connectivity index (χ4n) is 5.87. The van der Waals surface area contributed by atoms with Crippen molar-refractivity contribution in [2.45, 2.75) is 69.2 Å². The first-order valence-electron chi connectivity index (χ1n) is 12.3. The third kappa shape index (κ3) is 5.46. The van der Waals surface area contributed by atoms with Gasteiger partial charge in [-0.15, -0.1) is 0 Å². The van der Waals surface area contributed by atoms with Gasteiger partial charge in [-0.2, -0.15) is 11.8 Å². The molecule has 0 aromatic carbocycles. The Morgan fingerprint density at radius 1 is 1.24 bits per heavy atom. The number of pyridine rings is 1. The Bertz CT molecular complexity index is 800. The van der Waals surface area contributed by atoms with Crippen LogP contribution < -0.4 is 10.6 Å². The van der Waals surface area contributed by atoms with Gasteiger partial charge in [0.1, 0.15) is 5.60 Å². The lowest BCUT2D eigenvalue weighted by Crippen LogP contribution is -2.47. The van der Waals surface area contributed by atoms with Gasteiger partial charge in [-0.05, 0) is 56.4 Å². The second-order valence-electron chi connectivity index (χ2n) is 9.35. The largest absolute Gasteiger partial charge is 0.384 e. The molecule has 0 bridgehead atoms. The van der Waals surface area contributed by atoms with Crippen molar-refractivity contribution in [3.63, 3.8) is 0 Å². The molecule has 2 atom stereocenters. The summed E-state index contributed by atoms with van der Waals surface area (Å²) in [6.45, 7) is 4.93. The smallest absolute Gasteiger partial charge is 0.242 e. The summed E-state index contributed by atoms with van der Waals surface area (Å²) >= 11 is 1.91. The molecule has 0 radical (unpaired) electrons. The highest BCUT2D eigenvalue weighted by atomic mass is 32.2. The SMILES string of the molecule is CCSCCNc1ccc(C2(O)CCC(N3CCC4C3CCN4C(=O)CNC=O)CC2)nc1. The number of carbonyl (C=O) groups is 2. The van der Waals surface area contributed by atoms with Gasteiger partial charge >= 0.3 is 0 Å². The summed E-state index contributed by atoms with van der Waals surface area (Å²) < 4.78 is 0. The number of aromatic nitrogens is 1. The molecule has 2 saturated heterocycles. The number of carbonyl (C=O) groups excluding carboxylic acids is 2. The molecule has 3 aliphatic rings. The van der Waals surface area contributed by atoms with Gasteiger partial charge in [0, 0.05) is 43.5 Å². The number of anilines is 1. The summed E-state index contributed by atoms with van der Waals surface area (Å²) in [6.07, 6.45) is 7.71. The predicted octanol–water partition coefficient (Wildman–Crippen LogP) is 1.80. The van der Waals surface area contributed by atoms with Crippen LogP contribution in [0.2, 0.25) is 0 Å². The maximum absolute atomic E-state index is 12.4. The lowest BCUT2D eigenvalue weighted by Gasteiger charge is -2.41. The second kappa shape index (κ2) is 11.1. The number of hydrogen-bond acceptors (Lipinski definition) is 7. The van der Waals surface area contributed by atoms with Crippen LogP contribution in [0.25, 0.3) is 0 Å². The van der Waals surface area contributed by atoms with E-state index in [1.807, 2.05) is 35.0 Å². The molecule has 1 aromatic rings. The molecule has 9 heteroatoms. The molecule has 2 unspecified atom stereocenters. The topological polar surface area (TPSA) is 97.8 Å². The van der Waals surface area contributed by atoms with Crippen LogP contribution in [-0.4, -0.2) is 88.0 Å². The van der Waals surface area contributed by atoms with Gasteiger partial charge in [-0.25, -0.2) is 0 Å². The third-order valence-corrected chi connectivity index (χ3v) is 8.45. The van der Waals surface area contributed by atoms with E-state index in [-0.39, 0.29) is 18.5 Å². The van der Waals surface area contributed by atoms with Crippen LogP contribution >= 0.6 is 11.8 Å². The molecule has 1 aliphatic carbocycles. The molecule has 1 saturated carbocycles. The minimum atomic E-state index is -0.857. The highest BCUT2D eigenvalue weighted by molar-refractivity contribution is 7.99. The van der Waals surface area contributed by atoms with E-state index in [2.05, 4.69) is 27.4 Å². The number of fused-ring (bicyclic) bond motifs is 1. The zero-order chi connectivity index (χ0) is 23.3. The zero-order valence-electron chi connectivity index (χ0n) is 19.5. The maximum Gasteiger partial charge on any atom is 0.242 e. The summed E-state index contributed by atoms with van der Waals surface area (Å²) in [5.74, 6) is 2.22. The summed E-state index contributed by atoms with van der Waals surface area (Å²) in [7, 11) is 0. The Balaban J connectivity index is 1.29. The van der Waals surface area contributed by atoms with E-state index < -0.39 is 5.60 Å². The second-order valence-corrected chi connectivity index (χ2v) is 10.7. The van der Waals surface area contributed by atoms with E-state index in [1.165, 1.54) is 0 Å². The first-order valence-corrected chi connectivity index (χ1v) is 13.4. The van der Waals surface area contributed by atoms with E-state index in [0.717, 1.165) is 68.2 Å². The van der Waals surface area contributed by atoms with Crippen molar-refractivity contribution in [1.82, 2.24) is 20.1 Å². The summed E-state index contributed by atoms with van der Waals surface area (Å²) in [5.41, 5.74) is 0.915. The van der Waals surface area contributed by atoms with Crippen molar-refractivity contribution in [2.75, 3.05) is 43.0 Å². The number of hydrogen-bond donors (Lipinski definition) is 3. The molecule has 4 rings (SSSR count). The van der Waals surface area contributed by atoms with Gasteiger partial charge < -0.3 is 20.6 Å². The van der Waals surface area contributed by atoms with Gasteiger partial charge in [0.05, 0.1) is 24.1 Å². The number of nitrogens with zero attached hydrogens (tertiary/aromatic N) is 3. The monoisotopic (exact) mass is 475 g/mol. The van der Waals surface area contributed by atoms with E-state index in [1.54, 1.807) is 0 Å². The number of rotatable bonds is 10. The first kappa shape index (κ1) is 24.3. The van der Waals surface area contributed by atoms with Gasteiger partial charge in [-0.1, -0.05) is 6.92 Å². The van der Waals surface area contributed by atoms with E-state index >= 15 is 0 Å². The summed E-state index contributed by atoms with van der Waals surface area (Å²) in [4.78, 5) is 32.1. The Kier molecular flexibility index (Phi) is 8.14. The van der Waals surface area contributed by atoms with Gasteiger partial charge in [-0.3, -0.25) is 19.5 Å². The van der Waals surface area contributed by atoms with E-state index in [0.29, 0.717) is 31.3 Å². The average molecular weight is 476 g/mol. The van der Waals surface area contributed by atoms with Crippen LogP contribution in [0, 0.1) is 0 Å². The highest BCUT2D eigenvalue weighted by Crippen LogP contribution is 2.41. The summed E-state index contributed by atoms with van der Waals surface area (Å²) in [6, 6.07) is 5.09. The molecule has 2 amide bonds. The third-order valence-electron chi connectivity index (χ3n) is 7.55. The predicted molar refractivity (Wildman–Crippen MR) is 131 cm³/mol. The van der Waals surface area contributed by atoms with Gasteiger partial charge in [0.15, 0.2) is 0 Å². The Morgan fingerprint density at radius 3 is 2.73 bits per heavy atom. The van der Waals surface area contributed by atoms with Crippen molar-refractivity contribution in [3.05, 3.63) is 24.0 Å². The maximum atomic E-state index is 12.4. The Hall–Kier alpha value is -1.84. The fraction of sp³-hybridized carbons (Fsp3) is 0.708. The molecule has 2 aliphatic heterocycles. The van der Waals surface area contributed by atoms with E-state index in [4.69, 9.17) is 0 Å². The van der Waals surface area contributed by atoms with Crippen LogP contribution in [0.1, 0.15) is 51.1 Å². The van der Waals surface area contributed by atoms with Crippen LogP contribution in [0.15, 0.2) is 18.3 Å². The standard InChI is InChI=1S/C24H37N5O3S/c1-2-33-14-11-26-18-3-4-22(27-15-18)24(32)9-5-19(6-10-24)28-12-7-21-20(28)8-13-29(21)23(31)16-25-17-30/h3-4,15,17,19-21,26,32H,2,5-14,16H2,1H3,(H,25,30). The average Bonchev–Trinajstić information content (AvgIpc) is 3.44. The van der Waals surface area contributed by atoms with Crippen LogP contribution in [-0.2, 0) is 15.2 Å². The molecule has 3 N–H and O–H groups in total. The molecule has 8 nitrogen and oxygen atoms in total. The molecule has 0 spiro atoms. The molecule has 182 valence electrons. The van der Waals surface area contributed by atoms with Crippen LogP contribution in [0.5, 0.6) is 0 Å². The molecular weight excluding hydrogens is 438 g/mol. The highest BCUT2D eigenvalue weighted by Gasteiger charge is 2.48. The van der Waals surface area contributed by atoms with Crippen molar-refractivity contribution < 1.29 is 14.7 Å². The zero-order valence-corrected chi connectivity index (χ0v) is 20.4. The molecule has 33 heavy (non-hydrogen) atoms. The van der Waals surface area contributed by atoms with Crippen molar-refractivity contribution in [3.8, 4) is 0 Å². The number of aliphatic hydroxyl groups is 1. The molecular formula is C24H37N5O3S. The minimum Gasteiger partial charge on any atom is -0.384 e. The quantitative estimate of drug-likeness (QED) is 0.351. The molecule has 3 heterocycles. The van der Waals surface area contributed by atoms with Crippen molar-refractivity contribution in [2.24, 2.45) is 0 Å². The Labute approximate surface area is 200 Å². The van der Waals surface area contributed by atoms with Gasteiger partial charge in [0.2, 0.25) is 12.3 Å².